The van der Waals surface area contributed by atoms with E-state index < -0.39 is 0 Å². The fourth-order valence-electron chi connectivity index (χ4n) is 1.93. The highest BCUT2D eigenvalue weighted by Gasteiger charge is 2.14. The smallest absolute Gasteiger partial charge is 0.225 e. The van der Waals surface area contributed by atoms with Crippen molar-refractivity contribution in [2.75, 3.05) is 25.4 Å². The van der Waals surface area contributed by atoms with Crippen LogP contribution in [-0.2, 0) is 4.79 Å². The summed E-state index contributed by atoms with van der Waals surface area (Å²) < 4.78 is 5.56. The van der Waals surface area contributed by atoms with Crippen LogP contribution in [0.25, 0.3) is 0 Å². The molecule has 1 atom stereocenters. The largest absolute Gasteiger partial charge is 0.493 e. The lowest BCUT2D eigenvalue weighted by atomic mass is 10.1. The molecule has 0 bridgehead atoms. The molecule has 1 aromatic carbocycles. The number of rotatable bonds is 8. The Bertz CT molecular complexity index is 421. The van der Waals surface area contributed by atoms with Crippen LogP contribution < -0.4 is 10.5 Å². The number of hydrogen-bond donors (Lipinski definition) is 1. The molecular formula is C16H26N2O2. The summed E-state index contributed by atoms with van der Waals surface area (Å²) in [5.41, 5.74) is 6.34. The van der Waals surface area contributed by atoms with Gasteiger partial charge in [0.2, 0.25) is 5.91 Å². The average Bonchev–Trinajstić information content (AvgIpc) is 2.44. The topological polar surface area (TPSA) is 55.6 Å². The molecule has 4 nitrogen and oxygen atoms in total. The number of nitrogens with two attached hydrogens (primary N) is 1. The first-order valence-corrected chi connectivity index (χ1v) is 7.32. The first kappa shape index (κ1) is 16.3. The molecule has 0 aliphatic carbocycles. The average molecular weight is 278 g/mol. The van der Waals surface area contributed by atoms with E-state index in [4.69, 9.17) is 10.5 Å². The maximum absolute atomic E-state index is 12.1. The highest BCUT2D eigenvalue weighted by Crippen LogP contribution is 2.14. The molecule has 0 saturated heterocycles. The van der Waals surface area contributed by atoms with Crippen molar-refractivity contribution in [3.05, 3.63) is 24.3 Å². The van der Waals surface area contributed by atoms with Gasteiger partial charge in [0.1, 0.15) is 5.75 Å². The van der Waals surface area contributed by atoms with Crippen molar-refractivity contribution in [3.63, 3.8) is 0 Å². The number of amides is 1. The van der Waals surface area contributed by atoms with Crippen molar-refractivity contribution in [3.8, 4) is 5.75 Å². The van der Waals surface area contributed by atoms with E-state index in [1.54, 1.807) is 6.07 Å². The Kier molecular flexibility index (Phi) is 6.91. The molecule has 0 aliphatic heterocycles. The lowest BCUT2D eigenvalue weighted by molar-refractivity contribution is -0.132. The highest BCUT2D eigenvalue weighted by atomic mass is 16.5. The molecule has 112 valence electrons. The normalized spacial score (nSPS) is 11.9. The van der Waals surface area contributed by atoms with Gasteiger partial charge < -0.3 is 15.4 Å². The Balaban J connectivity index is 2.38. The number of carbonyl (C=O) groups excluding carboxylic acids is 1. The number of ether oxygens (including phenoxy) is 1. The Morgan fingerprint density at radius 2 is 2.15 bits per heavy atom. The summed E-state index contributed by atoms with van der Waals surface area (Å²) in [4.78, 5) is 14.0. The van der Waals surface area contributed by atoms with Crippen molar-refractivity contribution in [1.82, 2.24) is 4.90 Å². The maximum atomic E-state index is 12.1. The first-order valence-electron chi connectivity index (χ1n) is 7.32. The number of nitrogen functional groups attached to an aromatic ring is 1. The third kappa shape index (κ3) is 5.51. The third-order valence-electron chi connectivity index (χ3n) is 3.41. The summed E-state index contributed by atoms with van der Waals surface area (Å²) in [5.74, 6) is 1.40. The molecule has 0 aromatic heterocycles. The quantitative estimate of drug-likeness (QED) is 0.744. The molecule has 0 heterocycles. The molecule has 4 heteroatoms. The van der Waals surface area contributed by atoms with Crippen molar-refractivity contribution >= 4 is 11.6 Å². The van der Waals surface area contributed by atoms with E-state index in [-0.39, 0.29) is 5.91 Å². The molecule has 0 radical (unpaired) electrons. The van der Waals surface area contributed by atoms with Crippen LogP contribution in [-0.4, -0.2) is 30.5 Å². The molecule has 1 amide bonds. The minimum atomic E-state index is 0.150. The van der Waals surface area contributed by atoms with E-state index >= 15 is 0 Å². The summed E-state index contributed by atoms with van der Waals surface area (Å²) >= 11 is 0. The molecule has 2 N–H and O–H groups in total. The van der Waals surface area contributed by atoms with Gasteiger partial charge in [0.05, 0.1) is 13.0 Å². The van der Waals surface area contributed by atoms with E-state index in [2.05, 4.69) is 13.8 Å². The zero-order valence-corrected chi connectivity index (χ0v) is 12.8. The number of benzene rings is 1. The van der Waals surface area contributed by atoms with Crippen LogP contribution in [0.1, 0.15) is 33.6 Å². The molecule has 0 aliphatic rings. The van der Waals surface area contributed by atoms with Gasteiger partial charge in [0.15, 0.2) is 0 Å². The minimum absolute atomic E-state index is 0.150. The summed E-state index contributed by atoms with van der Waals surface area (Å²) in [6.45, 7) is 8.29. The molecule has 0 fully saturated rings. The second-order valence-electron chi connectivity index (χ2n) is 5.12. The van der Waals surface area contributed by atoms with Gasteiger partial charge >= 0.3 is 0 Å². The van der Waals surface area contributed by atoms with Gasteiger partial charge in [0, 0.05) is 24.8 Å². The molecule has 1 unspecified atom stereocenters. The highest BCUT2D eigenvalue weighted by molar-refractivity contribution is 5.76. The van der Waals surface area contributed by atoms with Crippen LogP contribution >= 0.6 is 0 Å². The Labute approximate surface area is 121 Å². The number of nitrogens with zero attached hydrogens (tertiary/aromatic N) is 1. The zero-order chi connectivity index (χ0) is 15.0. The number of carbonyl (C=O) groups is 1. The number of anilines is 1. The van der Waals surface area contributed by atoms with Gasteiger partial charge in [-0.1, -0.05) is 26.3 Å². The van der Waals surface area contributed by atoms with E-state index in [1.165, 1.54) is 0 Å². The van der Waals surface area contributed by atoms with Crippen LogP contribution in [0.2, 0.25) is 0 Å². The summed E-state index contributed by atoms with van der Waals surface area (Å²) in [6.07, 6.45) is 1.49. The van der Waals surface area contributed by atoms with Crippen LogP contribution in [0.3, 0.4) is 0 Å². The Morgan fingerprint density at radius 3 is 2.75 bits per heavy atom. The summed E-state index contributed by atoms with van der Waals surface area (Å²) in [6, 6.07) is 7.26. The van der Waals surface area contributed by atoms with Crippen molar-refractivity contribution < 1.29 is 9.53 Å². The molecule has 0 saturated carbocycles. The van der Waals surface area contributed by atoms with Crippen molar-refractivity contribution in [2.45, 2.75) is 33.6 Å². The van der Waals surface area contributed by atoms with Gasteiger partial charge in [-0.25, -0.2) is 0 Å². The van der Waals surface area contributed by atoms with Crippen LogP contribution in [0, 0.1) is 5.92 Å². The lowest BCUT2D eigenvalue weighted by Gasteiger charge is -2.24. The Morgan fingerprint density at radius 1 is 1.40 bits per heavy atom. The number of hydrogen-bond acceptors (Lipinski definition) is 3. The van der Waals surface area contributed by atoms with Gasteiger partial charge in [-0.05, 0) is 25.0 Å². The SMILES string of the molecule is CCC(C)CN(CC)C(=O)CCOc1cccc(N)c1. The molecule has 0 spiro atoms. The van der Waals surface area contributed by atoms with E-state index in [9.17, 15) is 4.79 Å². The zero-order valence-electron chi connectivity index (χ0n) is 12.8. The van der Waals surface area contributed by atoms with Gasteiger partial charge in [-0.15, -0.1) is 0 Å². The van der Waals surface area contributed by atoms with Gasteiger partial charge in [-0.2, -0.15) is 0 Å². The predicted molar refractivity (Wildman–Crippen MR) is 82.7 cm³/mol. The van der Waals surface area contributed by atoms with Crippen molar-refractivity contribution in [2.24, 2.45) is 5.92 Å². The first-order chi connectivity index (χ1) is 9.56. The standard InChI is InChI=1S/C16H26N2O2/c1-4-13(3)12-18(5-2)16(19)9-10-20-15-8-6-7-14(17)11-15/h6-8,11,13H,4-5,9-10,12,17H2,1-3H3. The summed E-state index contributed by atoms with van der Waals surface area (Å²) in [7, 11) is 0. The van der Waals surface area contributed by atoms with Gasteiger partial charge in [-0.3, -0.25) is 4.79 Å². The van der Waals surface area contributed by atoms with Crippen LogP contribution in [0.4, 0.5) is 5.69 Å². The van der Waals surface area contributed by atoms with Crippen molar-refractivity contribution in [1.29, 1.82) is 0 Å². The van der Waals surface area contributed by atoms with Crippen LogP contribution in [0.5, 0.6) is 5.75 Å². The predicted octanol–water partition coefficient (Wildman–Crippen LogP) is 2.93. The summed E-state index contributed by atoms with van der Waals surface area (Å²) in [5, 5.41) is 0. The maximum Gasteiger partial charge on any atom is 0.225 e. The van der Waals surface area contributed by atoms with Gasteiger partial charge in [0.25, 0.3) is 0 Å². The molecule has 1 rings (SSSR count). The minimum Gasteiger partial charge on any atom is -0.493 e. The van der Waals surface area contributed by atoms with E-state index in [0.29, 0.717) is 30.4 Å². The lowest BCUT2D eigenvalue weighted by Crippen LogP contribution is -2.35. The van der Waals surface area contributed by atoms with Crippen LogP contribution in [0.15, 0.2) is 24.3 Å². The second-order valence-corrected chi connectivity index (χ2v) is 5.12. The van der Waals surface area contributed by atoms with E-state index in [0.717, 1.165) is 19.5 Å². The monoisotopic (exact) mass is 278 g/mol. The second kappa shape index (κ2) is 8.46. The Hall–Kier alpha value is -1.71. The molecule has 20 heavy (non-hydrogen) atoms. The molecular weight excluding hydrogens is 252 g/mol. The van der Waals surface area contributed by atoms with E-state index in [1.807, 2.05) is 30.0 Å². The third-order valence-corrected chi connectivity index (χ3v) is 3.41. The fraction of sp³-hybridized carbons (Fsp3) is 0.562. The fourth-order valence-corrected chi connectivity index (χ4v) is 1.93. The molecule has 1 aromatic rings.